The van der Waals surface area contributed by atoms with E-state index < -0.39 is 0 Å². The van der Waals surface area contributed by atoms with Crippen molar-refractivity contribution in [2.75, 3.05) is 23.9 Å². The third-order valence-corrected chi connectivity index (χ3v) is 6.01. The number of hydrogen-bond acceptors (Lipinski definition) is 6. The summed E-state index contributed by atoms with van der Waals surface area (Å²) >= 11 is 6.67. The van der Waals surface area contributed by atoms with Crippen molar-refractivity contribution in [1.29, 1.82) is 0 Å². The Labute approximate surface area is 201 Å². The first kappa shape index (κ1) is 22.6. The van der Waals surface area contributed by atoms with Crippen molar-refractivity contribution in [3.05, 3.63) is 89.3 Å². The van der Waals surface area contributed by atoms with Crippen molar-refractivity contribution in [1.82, 2.24) is 0 Å². The molecule has 33 heavy (non-hydrogen) atoms. The molecule has 6 nitrogen and oxygen atoms in total. The second-order valence-electron chi connectivity index (χ2n) is 6.99. The first-order valence-corrected chi connectivity index (χ1v) is 11.3. The molecule has 3 aromatic rings. The lowest BCUT2D eigenvalue weighted by Gasteiger charge is -2.14. The average Bonchev–Trinajstić information content (AvgIpc) is 3.11. The first-order chi connectivity index (χ1) is 16.0. The smallest absolute Gasteiger partial charge is 0.270 e. The summed E-state index contributed by atoms with van der Waals surface area (Å²) in [5.41, 5.74) is 2.16. The molecule has 1 aliphatic heterocycles. The highest BCUT2D eigenvalue weighted by atomic mass is 32.2. The molecule has 0 radical (unpaired) electrons. The van der Waals surface area contributed by atoms with Crippen LogP contribution in [0.5, 0.6) is 11.5 Å². The van der Waals surface area contributed by atoms with E-state index in [1.807, 2.05) is 24.3 Å². The monoisotopic (exact) mass is 476 g/mol. The summed E-state index contributed by atoms with van der Waals surface area (Å²) in [5.74, 6) is 0.780. The summed E-state index contributed by atoms with van der Waals surface area (Å²) in [6.07, 6.45) is 1.76. The number of methoxy groups -OCH3 is 1. The third-order valence-electron chi connectivity index (χ3n) is 4.71. The van der Waals surface area contributed by atoms with Crippen molar-refractivity contribution in [3.63, 3.8) is 0 Å². The number of thioether (sulfide) groups is 1. The molecular formula is C25H20N2O4S2. The predicted octanol–water partition coefficient (Wildman–Crippen LogP) is 5.12. The molecule has 3 aromatic carbocycles. The number of anilines is 2. The molecule has 1 saturated heterocycles. The first-order valence-electron chi connectivity index (χ1n) is 10.0. The number of carbonyl (C=O) groups excluding carboxylic acids is 2. The van der Waals surface area contributed by atoms with Crippen molar-refractivity contribution in [2.45, 2.75) is 0 Å². The molecule has 1 heterocycles. The predicted molar refractivity (Wildman–Crippen MR) is 136 cm³/mol. The van der Waals surface area contributed by atoms with E-state index in [-0.39, 0.29) is 18.4 Å². The maximum absolute atomic E-state index is 13.0. The molecule has 0 aliphatic carbocycles. The normalized spacial score (nSPS) is 14.5. The zero-order valence-corrected chi connectivity index (χ0v) is 19.3. The Balaban J connectivity index is 1.42. The minimum Gasteiger partial charge on any atom is -0.497 e. The van der Waals surface area contributed by atoms with Gasteiger partial charge in [-0.25, -0.2) is 0 Å². The van der Waals surface area contributed by atoms with Crippen LogP contribution in [0.1, 0.15) is 5.56 Å². The van der Waals surface area contributed by atoms with Gasteiger partial charge in [0.25, 0.3) is 11.8 Å². The SMILES string of the molecule is COc1ccc(N2C(=O)/C(=C/c3cccc(OCC(=O)Nc4ccccc4)c3)SC2=S)cc1. The summed E-state index contributed by atoms with van der Waals surface area (Å²) in [6, 6.07) is 23.5. The highest BCUT2D eigenvalue weighted by Gasteiger charge is 2.33. The molecule has 0 saturated carbocycles. The molecule has 1 aliphatic rings. The van der Waals surface area contributed by atoms with E-state index in [1.165, 1.54) is 16.7 Å². The van der Waals surface area contributed by atoms with E-state index in [4.69, 9.17) is 21.7 Å². The van der Waals surface area contributed by atoms with E-state index in [9.17, 15) is 9.59 Å². The average molecular weight is 477 g/mol. The van der Waals surface area contributed by atoms with Crippen LogP contribution in [0.25, 0.3) is 6.08 Å². The Kier molecular flexibility index (Phi) is 7.07. The lowest BCUT2D eigenvalue weighted by atomic mass is 10.2. The number of carbonyl (C=O) groups is 2. The van der Waals surface area contributed by atoms with Crippen LogP contribution in [-0.2, 0) is 9.59 Å². The summed E-state index contributed by atoms with van der Waals surface area (Å²) in [5, 5.41) is 2.77. The number of thiocarbonyl (C=S) groups is 1. The molecule has 0 bridgehead atoms. The van der Waals surface area contributed by atoms with Gasteiger partial charge in [0.2, 0.25) is 0 Å². The minimum atomic E-state index is -0.257. The minimum absolute atomic E-state index is 0.127. The van der Waals surface area contributed by atoms with E-state index in [0.29, 0.717) is 32.1 Å². The van der Waals surface area contributed by atoms with E-state index in [2.05, 4.69) is 5.32 Å². The highest BCUT2D eigenvalue weighted by molar-refractivity contribution is 8.27. The van der Waals surface area contributed by atoms with Gasteiger partial charge in [0.05, 0.1) is 17.7 Å². The van der Waals surface area contributed by atoms with Gasteiger partial charge in [-0.15, -0.1) is 0 Å². The highest BCUT2D eigenvalue weighted by Crippen LogP contribution is 2.36. The fourth-order valence-corrected chi connectivity index (χ4v) is 4.43. The molecule has 0 spiro atoms. The van der Waals surface area contributed by atoms with Crippen molar-refractivity contribution in [2.24, 2.45) is 0 Å². The van der Waals surface area contributed by atoms with Crippen LogP contribution in [0.15, 0.2) is 83.8 Å². The zero-order valence-electron chi connectivity index (χ0n) is 17.7. The Morgan fingerprint density at radius 1 is 1.03 bits per heavy atom. The lowest BCUT2D eigenvalue weighted by Crippen LogP contribution is -2.27. The number of benzene rings is 3. The molecule has 166 valence electrons. The number of para-hydroxylation sites is 1. The van der Waals surface area contributed by atoms with Crippen LogP contribution < -0.4 is 19.7 Å². The molecule has 1 N–H and O–H groups in total. The Bertz CT molecular complexity index is 1210. The Hall–Kier alpha value is -3.62. The molecule has 0 aromatic heterocycles. The maximum atomic E-state index is 13.0. The summed E-state index contributed by atoms with van der Waals surface area (Å²) in [7, 11) is 1.59. The number of rotatable bonds is 7. The standard InChI is InChI=1S/C25H20N2O4S2/c1-30-20-12-10-19(11-13-20)27-24(29)22(33-25(27)32)15-17-6-5-9-21(14-17)31-16-23(28)26-18-7-3-2-4-8-18/h2-15H,16H2,1H3,(H,26,28)/b22-15-. The summed E-state index contributed by atoms with van der Waals surface area (Å²) in [4.78, 5) is 27.1. The van der Waals surface area contributed by atoms with Gasteiger partial charge in [0.15, 0.2) is 10.9 Å². The molecular weight excluding hydrogens is 456 g/mol. The van der Waals surface area contributed by atoms with Gasteiger partial charge in [-0.3, -0.25) is 14.5 Å². The van der Waals surface area contributed by atoms with Gasteiger partial charge >= 0.3 is 0 Å². The van der Waals surface area contributed by atoms with Crippen molar-refractivity contribution < 1.29 is 19.1 Å². The fraction of sp³-hybridized carbons (Fsp3) is 0.0800. The van der Waals surface area contributed by atoms with Crippen LogP contribution in [0.3, 0.4) is 0 Å². The molecule has 0 unspecified atom stereocenters. The molecule has 4 rings (SSSR count). The van der Waals surface area contributed by atoms with Crippen LogP contribution in [0.2, 0.25) is 0 Å². The fourth-order valence-electron chi connectivity index (χ4n) is 3.13. The van der Waals surface area contributed by atoms with Crippen LogP contribution in [-0.4, -0.2) is 29.9 Å². The molecule has 1 fully saturated rings. The van der Waals surface area contributed by atoms with Gasteiger partial charge in [-0.2, -0.15) is 0 Å². The van der Waals surface area contributed by atoms with Crippen molar-refractivity contribution >= 4 is 57.6 Å². The van der Waals surface area contributed by atoms with E-state index in [1.54, 1.807) is 67.8 Å². The summed E-state index contributed by atoms with van der Waals surface area (Å²) in [6.45, 7) is -0.127. The van der Waals surface area contributed by atoms with Gasteiger partial charge in [0.1, 0.15) is 11.5 Å². The molecule has 2 amide bonds. The number of nitrogens with one attached hydrogen (secondary N) is 1. The second-order valence-corrected chi connectivity index (χ2v) is 8.67. The quantitative estimate of drug-likeness (QED) is 0.377. The second kappa shape index (κ2) is 10.3. The van der Waals surface area contributed by atoms with Crippen LogP contribution in [0, 0.1) is 0 Å². The number of amides is 2. The van der Waals surface area contributed by atoms with E-state index in [0.717, 1.165) is 5.56 Å². The van der Waals surface area contributed by atoms with Gasteiger partial charge in [-0.1, -0.05) is 54.3 Å². The number of ether oxygens (including phenoxy) is 2. The van der Waals surface area contributed by atoms with Crippen LogP contribution in [0.4, 0.5) is 11.4 Å². The van der Waals surface area contributed by atoms with E-state index >= 15 is 0 Å². The zero-order chi connectivity index (χ0) is 23.2. The summed E-state index contributed by atoms with van der Waals surface area (Å²) < 4.78 is 11.3. The Morgan fingerprint density at radius 3 is 2.52 bits per heavy atom. The van der Waals surface area contributed by atoms with Crippen molar-refractivity contribution in [3.8, 4) is 11.5 Å². The molecule has 8 heteroatoms. The lowest BCUT2D eigenvalue weighted by molar-refractivity contribution is -0.118. The topological polar surface area (TPSA) is 67.9 Å². The van der Waals surface area contributed by atoms with Crippen LogP contribution >= 0.6 is 24.0 Å². The van der Waals surface area contributed by atoms with Gasteiger partial charge in [-0.05, 0) is 60.2 Å². The van der Waals surface area contributed by atoms with Gasteiger partial charge in [0, 0.05) is 5.69 Å². The Morgan fingerprint density at radius 2 is 1.79 bits per heavy atom. The number of hydrogen-bond donors (Lipinski definition) is 1. The maximum Gasteiger partial charge on any atom is 0.270 e. The molecule has 0 atom stereocenters. The third kappa shape index (κ3) is 5.60. The largest absolute Gasteiger partial charge is 0.497 e. The van der Waals surface area contributed by atoms with Gasteiger partial charge < -0.3 is 14.8 Å². The number of nitrogens with zero attached hydrogens (tertiary/aromatic N) is 1.